The Kier molecular flexibility index (Phi) is 6.61. The van der Waals surface area contributed by atoms with Gasteiger partial charge >= 0.3 is 6.03 Å². The molecule has 0 bridgehead atoms. The van der Waals surface area contributed by atoms with Crippen molar-refractivity contribution in [3.05, 3.63) is 83.9 Å². The molecular formula is C21H18N4O3S2. The first-order valence-corrected chi connectivity index (χ1v) is 10.9. The minimum Gasteiger partial charge on any atom is -0.307 e. The smallest absolute Gasteiger partial charge is 0.307 e. The molecule has 9 heteroatoms. The molecule has 7 nitrogen and oxygen atoms in total. The van der Waals surface area contributed by atoms with Gasteiger partial charge in [0.2, 0.25) is 0 Å². The number of anilines is 3. The molecule has 0 unspecified atom stereocenters. The van der Waals surface area contributed by atoms with E-state index in [4.69, 9.17) is 5.26 Å². The molecule has 3 aromatic carbocycles. The first-order chi connectivity index (χ1) is 14.4. The molecule has 0 aliphatic heterocycles. The molecule has 0 aromatic heterocycles. The standard InChI is InChI=1S/C21H18N4O3S2/c22-13-15-10-11-19(24-21(26)23-18-9-5-4-6-16(18)14-29)20(12-15)25-30(27,28)17-7-2-1-3-8-17/h1-12,25,29H,14H2,(H2,23,24,26). The van der Waals surface area contributed by atoms with Gasteiger partial charge in [0, 0.05) is 11.4 Å². The summed E-state index contributed by atoms with van der Waals surface area (Å²) in [4.78, 5) is 12.6. The van der Waals surface area contributed by atoms with Gasteiger partial charge in [-0.15, -0.1) is 0 Å². The summed E-state index contributed by atoms with van der Waals surface area (Å²) < 4.78 is 27.8. The van der Waals surface area contributed by atoms with Crippen molar-refractivity contribution in [1.29, 1.82) is 5.26 Å². The van der Waals surface area contributed by atoms with Gasteiger partial charge in [-0.25, -0.2) is 13.2 Å². The fraction of sp³-hybridized carbons (Fsp3) is 0.0476. The van der Waals surface area contributed by atoms with Crippen LogP contribution in [0.25, 0.3) is 0 Å². The number of rotatable bonds is 6. The topological polar surface area (TPSA) is 111 Å². The molecule has 3 rings (SSSR count). The minimum atomic E-state index is -3.91. The molecule has 0 fully saturated rings. The monoisotopic (exact) mass is 438 g/mol. The zero-order chi connectivity index (χ0) is 21.6. The minimum absolute atomic E-state index is 0.0606. The first-order valence-electron chi connectivity index (χ1n) is 8.82. The summed E-state index contributed by atoms with van der Waals surface area (Å²) in [6.07, 6.45) is 0. The quantitative estimate of drug-likeness (QED) is 0.427. The number of nitriles is 1. The summed E-state index contributed by atoms with van der Waals surface area (Å²) in [5, 5.41) is 14.5. The Morgan fingerprint density at radius 3 is 2.27 bits per heavy atom. The number of hydrogen-bond acceptors (Lipinski definition) is 5. The third-order valence-electron chi connectivity index (χ3n) is 4.13. The van der Waals surface area contributed by atoms with Crippen molar-refractivity contribution in [3.8, 4) is 6.07 Å². The van der Waals surface area contributed by atoms with Gasteiger partial charge in [0.1, 0.15) is 0 Å². The maximum absolute atomic E-state index is 12.7. The fourth-order valence-electron chi connectivity index (χ4n) is 2.67. The van der Waals surface area contributed by atoms with Crippen LogP contribution in [0.3, 0.4) is 0 Å². The lowest BCUT2D eigenvalue weighted by Crippen LogP contribution is -2.22. The zero-order valence-electron chi connectivity index (χ0n) is 15.7. The number of nitrogens with one attached hydrogen (secondary N) is 3. The van der Waals surface area contributed by atoms with E-state index >= 15 is 0 Å². The number of urea groups is 1. The third-order valence-corrected chi connectivity index (χ3v) is 5.85. The van der Waals surface area contributed by atoms with Gasteiger partial charge in [-0.1, -0.05) is 36.4 Å². The van der Waals surface area contributed by atoms with E-state index < -0.39 is 16.1 Å². The van der Waals surface area contributed by atoms with Crippen LogP contribution in [0.2, 0.25) is 0 Å². The second kappa shape index (κ2) is 9.35. The number of nitrogens with zero attached hydrogens (tertiary/aromatic N) is 1. The van der Waals surface area contributed by atoms with Crippen LogP contribution in [0.1, 0.15) is 11.1 Å². The Balaban J connectivity index is 1.87. The third kappa shape index (κ3) is 5.11. The molecule has 152 valence electrons. The van der Waals surface area contributed by atoms with E-state index in [1.807, 2.05) is 18.2 Å². The van der Waals surface area contributed by atoms with Crippen molar-refractivity contribution in [1.82, 2.24) is 0 Å². The number of carbonyl (C=O) groups is 1. The molecule has 0 atom stereocenters. The van der Waals surface area contributed by atoms with Crippen molar-refractivity contribution < 1.29 is 13.2 Å². The van der Waals surface area contributed by atoms with Gasteiger partial charge in [-0.2, -0.15) is 17.9 Å². The highest BCUT2D eigenvalue weighted by molar-refractivity contribution is 7.92. The molecule has 0 aliphatic carbocycles. The predicted octanol–water partition coefficient (Wildman–Crippen LogP) is 4.43. The van der Waals surface area contributed by atoms with Crippen LogP contribution in [-0.2, 0) is 15.8 Å². The number of hydrogen-bond donors (Lipinski definition) is 4. The number of thiol groups is 1. The van der Waals surface area contributed by atoms with Gasteiger partial charge in [0.15, 0.2) is 0 Å². The van der Waals surface area contributed by atoms with Crippen LogP contribution in [0.5, 0.6) is 0 Å². The van der Waals surface area contributed by atoms with Crippen LogP contribution >= 0.6 is 12.6 Å². The maximum Gasteiger partial charge on any atom is 0.323 e. The number of benzene rings is 3. The maximum atomic E-state index is 12.7. The lowest BCUT2D eigenvalue weighted by molar-refractivity contribution is 0.262. The van der Waals surface area contributed by atoms with E-state index in [0.717, 1.165) is 5.56 Å². The van der Waals surface area contributed by atoms with E-state index in [1.165, 1.54) is 30.3 Å². The second-order valence-electron chi connectivity index (χ2n) is 6.19. The average molecular weight is 439 g/mol. The van der Waals surface area contributed by atoms with Crippen LogP contribution in [0.15, 0.2) is 77.7 Å². The Morgan fingerprint density at radius 2 is 1.57 bits per heavy atom. The van der Waals surface area contributed by atoms with Crippen LogP contribution in [0, 0.1) is 11.3 Å². The fourth-order valence-corrected chi connectivity index (χ4v) is 4.03. The highest BCUT2D eigenvalue weighted by Crippen LogP contribution is 2.27. The number of amides is 2. The summed E-state index contributed by atoms with van der Waals surface area (Å²) in [6.45, 7) is 0. The Hall–Kier alpha value is -3.48. The van der Waals surface area contributed by atoms with Gasteiger partial charge in [0.25, 0.3) is 10.0 Å². The van der Waals surface area contributed by atoms with Gasteiger partial charge < -0.3 is 10.6 Å². The summed E-state index contributed by atoms with van der Waals surface area (Å²) in [7, 11) is -3.91. The van der Waals surface area contributed by atoms with Crippen molar-refractivity contribution in [2.75, 3.05) is 15.4 Å². The van der Waals surface area contributed by atoms with E-state index in [1.54, 1.807) is 30.3 Å². The average Bonchev–Trinajstić information content (AvgIpc) is 2.75. The van der Waals surface area contributed by atoms with Crippen LogP contribution in [-0.4, -0.2) is 14.4 Å². The van der Waals surface area contributed by atoms with Gasteiger partial charge in [-0.05, 0) is 42.0 Å². The highest BCUT2D eigenvalue weighted by Gasteiger charge is 2.17. The molecular weight excluding hydrogens is 420 g/mol. The molecule has 0 spiro atoms. The molecule has 0 saturated carbocycles. The van der Waals surface area contributed by atoms with Gasteiger partial charge in [-0.3, -0.25) is 4.72 Å². The molecule has 2 amide bonds. The molecule has 3 aromatic rings. The molecule has 0 aliphatic rings. The lowest BCUT2D eigenvalue weighted by Gasteiger charge is -2.15. The Bertz CT molecular complexity index is 1210. The van der Waals surface area contributed by atoms with E-state index in [9.17, 15) is 13.2 Å². The summed E-state index contributed by atoms with van der Waals surface area (Å²) >= 11 is 4.24. The van der Waals surface area contributed by atoms with Crippen LogP contribution < -0.4 is 15.4 Å². The highest BCUT2D eigenvalue weighted by atomic mass is 32.2. The molecule has 0 heterocycles. The lowest BCUT2D eigenvalue weighted by atomic mass is 10.2. The molecule has 30 heavy (non-hydrogen) atoms. The van der Waals surface area contributed by atoms with Crippen molar-refractivity contribution in [2.45, 2.75) is 10.6 Å². The predicted molar refractivity (Wildman–Crippen MR) is 120 cm³/mol. The molecule has 0 saturated heterocycles. The van der Waals surface area contributed by atoms with E-state index in [2.05, 4.69) is 28.0 Å². The zero-order valence-corrected chi connectivity index (χ0v) is 17.4. The summed E-state index contributed by atoms with van der Waals surface area (Å²) in [5.41, 5.74) is 1.95. The number of carbonyl (C=O) groups excluding carboxylic acids is 1. The van der Waals surface area contributed by atoms with E-state index in [-0.39, 0.29) is 21.8 Å². The van der Waals surface area contributed by atoms with Gasteiger partial charge in [0.05, 0.1) is 27.9 Å². The normalized spacial score (nSPS) is 10.7. The Morgan fingerprint density at radius 1 is 0.900 bits per heavy atom. The molecule has 3 N–H and O–H groups in total. The first kappa shape index (κ1) is 21.2. The van der Waals surface area contributed by atoms with E-state index in [0.29, 0.717) is 11.4 Å². The Labute approximate surface area is 180 Å². The largest absolute Gasteiger partial charge is 0.323 e. The summed E-state index contributed by atoms with van der Waals surface area (Å²) in [6, 6.07) is 20.7. The van der Waals surface area contributed by atoms with Crippen LogP contribution in [0.4, 0.5) is 21.9 Å². The van der Waals surface area contributed by atoms with Crippen molar-refractivity contribution >= 4 is 45.7 Å². The molecule has 0 radical (unpaired) electrons. The summed E-state index contributed by atoms with van der Waals surface area (Å²) in [5.74, 6) is 0.440. The number of para-hydroxylation sites is 1. The van der Waals surface area contributed by atoms with Crippen molar-refractivity contribution in [3.63, 3.8) is 0 Å². The number of sulfonamides is 1. The SMILES string of the molecule is N#Cc1ccc(NC(=O)Nc2ccccc2CS)c(NS(=O)(=O)c2ccccc2)c1. The van der Waals surface area contributed by atoms with Crippen molar-refractivity contribution in [2.24, 2.45) is 0 Å². The second-order valence-corrected chi connectivity index (χ2v) is 8.18.